The highest BCUT2D eigenvalue weighted by Crippen LogP contribution is 2.16. The summed E-state index contributed by atoms with van der Waals surface area (Å²) >= 11 is 5.86. The number of fused-ring (bicyclic) bond motifs is 1. The topological polar surface area (TPSA) is 68.9 Å². The van der Waals surface area contributed by atoms with Gasteiger partial charge in [0.1, 0.15) is 12.1 Å². The monoisotopic (exact) mass is 344 g/mol. The molecule has 3 aromatic rings. The predicted molar refractivity (Wildman–Crippen MR) is 93.0 cm³/mol. The van der Waals surface area contributed by atoms with E-state index in [0.29, 0.717) is 10.5 Å². The number of nitrogens with zero attached hydrogens (tertiary/aromatic N) is 3. The Morgan fingerprint density at radius 3 is 2.71 bits per heavy atom. The first-order valence-corrected chi connectivity index (χ1v) is 7.89. The van der Waals surface area contributed by atoms with Gasteiger partial charge < -0.3 is 9.88 Å². The molecular weight excluding hydrogens is 328 g/mol. The Bertz CT molecular complexity index is 943. The normalized spacial score (nSPS) is 12.3. The Hall–Kier alpha value is -2.60. The van der Waals surface area contributed by atoms with Gasteiger partial charge in [0.05, 0.1) is 12.2 Å². The first kappa shape index (κ1) is 16.3. The van der Waals surface area contributed by atoms with Crippen LogP contribution < -0.4 is 10.9 Å². The van der Waals surface area contributed by atoms with E-state index in [2.05, 4.69) is 10.4 Å². The van der Waals surface area contributed by atoms with Gasteiger partial charge in [-0.05, 0) is 30.7 Å². The summed E-state index contributed by atoms with van der Waals surface area (Å²) in [6.45, 7) is 1.75. The van der Waals surface area contributed by atoms with Gasteiger partial charge in [0.2, 0.25) is 5.91 Å². The molecule has 1 N–H and O–H groups in total. The van der Waals surface area contributed by atoms with Gasteiger partial charge in [-0.15, -0.1) is 0 Å². The van der Waals surface area contributed by atoms with Crippen molar-refractivity contribution in [2.75, 3.05) is 0 Å². The number of halogens is 1. The van der Waals surface area contributed by atoms with Crippen molar-refractivity contribution in [2.24, 2.45) is 7.05 Å². The number of rotatable bonds is 4. The lowest BCUT2D eigenvalue weighted by molar-refractivity contribution is -0.122. The Labute approximate surface area is 143 Å². The van der Waals surface area contributed by atoms with Crippen LogP contribution in [0.3, 0.4) is 0 Å². The van der Waals surface area contributed by atoms with Crippen LogP contribution in [0.4, 0.5) is 0 Å². The Morgan fingerprint density at radius 1 is 1.29 bits per heavy atom. The molecular formula is C17H17ClN4O2. The number of aromatic nitrogens is 3. The average Bonchev–Trinajstić information content (AvgIpc) is 2.92. The number of benzene rings is 1. The van der Waals surface area contributed by atoms with Crippen molar-refractivity contribution < 1.29 is 4.79 Å². The summed E-state index contributed by atoms with van der Waals surface area (Å²) in [6.07, 6.45) is 3.38. The van der Waals surface area contributed by atoms with Gasteiger partial charge in [-0.1, -0.05) is 23.7 Å². The molecule has 0 spiro atoms. The molecule has 0 fully saturated rings. The largest absolute Gasteiger partial charge is 0.348 e. The number of hydrogen-bond donors (Lipinski definition) is 1. The minimum absolute atomic E-state index is 0.127. The Balaban J connectivity index is 1.75. The molecule has 0 saturated carbocycles. The number of aryl methyl sites for hydroxylation is 1. The fourth-order valence-electron chi connectivity index (χ4n) is 2.60. The van der Waals surface area contributed by atoms with Gasteiger partial charge in [0.15, 0.2) is 0 Å². The van der Waals surface area contributed by atoms with E-state index in [-0.39, 0.29) is 24.1 Å². The quantitative estimate of drug-likeness (QED) is 0.789. The van der Waals surface area contributed by atoms with Crippen LogP contribution in [0.2, 0.25) is 5.02 Å². The van der Waals surface area contributed by atoms with Crippen molar-refractivity contribution in [1.82, 2.24) is 19.7 Å². The third-order valence-electron chi connectivity index (χ3n) is 3.92. The van der Waals surface area contributed by atoms with Crippen LogP contribution in [0.1, 0.15) is 18.5 Å². The number of hydrogen-bond acceptors (Lipinski definition) is 3. The third kappa shape index (κ3) is 3.19. The van der Waals surface area contributed by atoms with Crippen LogP contribution in [0.15, 0.2) is 47.5 Å². The Kier molecular flexibility index (Phi) is 4.40. The lowest BCUT2D eigenvalue weighted by Crippen LogP contribution is -2.35. The lowest BCUT2D eigenvalue weighted by Gasteiger charge is -2.14. The number of amides is 1. The first-order chi connectivity index (χ1) is 11.5. The van der Waals surface area contributed by atoms with Gasteiger partial charge in [-0.3, -0.25) is 9.59 Å². The van der Waals surface area contributed by atoms with Gasteiger partial charge in [-0.25, -0.2) is 4.68 Å². The molecule has 0 aliphatic rings. The van der Waals surface area contributed by atoms with Crippen molar-refractivity contribution in [1.29, 1.82) is 0 Å². The van der Waals surface area contributed by atoms with Crippen LogP contribution in [0.5, 0.6) is 0 Å². The maximum atomic E-state index is 12.4. The van der Waals surface area contributed by atoms with Crippen LogP contribution in [-0.4, -0.2) is 20.3 Å². The molecule has 0 unspecified atom stereocenters. The van der Waals surface area contributed by atoms with Crippen LogP contribution >= 0.6 is 11.6 Å². The minimum Gasteiger partial charge on any atom is -0.348 e. The van der Waals surface area contributed by atoms with E-state index in [9.17, 15) is 9.59 Å². The van der Waals surface area contributed by atoms with Crippen LogP contribution in [-0.2, 0) is 18.4 Å². The van der Waals surface area contributed by atoms with Gasteiger partial charge in [0, 0.05) is 23.7 Å². The summed E-state index contributed by atoms with van der Waals surface area (Å²) in [7, 11) is 1.79. The van der Waals surface area contributed by atoms with Crippen LogP contribution in [0, 0.1) is 0 Å². The van der Waals surface area contributed by atoms with Crippen molar-refractivity contribution in [3.8, 4) is 0 Å². The second-order valence-corrected chi connectivity index (χ2v) is 6.12. The summed E-state index contributed by atoms with van der Waals surface area (Å²) < 4.78 is 2.90. The molecule has 124 valence electrons. The van der Waals surface area contributed by atoms with Gasteiger partial charge >= 0.3 is 0 Å². The molecule has 0 radical (unpaired) electrons. The van der Waals surface area contributed by atoms with E-state index >= 15 is 0 Å². The van der Waals surface area contributed by atoms with Crippen molar-refractivity contribution >= 4 is 28.4 Å². The molecule has 3 rings (SSSR count). The van der Waals surface area contributed by atoms with Crippen molar-refractivity contribution in [3.05, 3.63) is 63.7 Å². The summed E-state index contributed by atoms with van der Waals surface area (Å²) in [6, 6.07) is 8.88. The molecule has 1 amide bonds. The third-order valence-corrected chi connectivity index (χ3v) is 4.17. The molecule has 24 heavy (non-hydrogen) atoms. The maximum Gasteiger partial charge on any atom is 0.291 e. The second-order valence-electron chi connectivity index (χ2n) is 5.68. The van der Waals surface area contributed by atoms with E-state index < -0.39 is 0 Å². The van der Waals surface area contributed by atoms with Gasteiger partial charge in [0.25, 0.3) is 5.56 Å². The van der Waals surface area contributed by atoms with E-state index in [0.717, 1.165) is 10.9 Å². The van der Waals surface area contributed by atoms with Crippen molar-refractivity contribution in [3.63, 3.8) is 0 Å². The smallest absolute Gasteiger partial charge is 0.291 e. The maximum absolute atomic E-state index is 12.4. The summed E-state index contributed by atoms with van der Waals surface area (Å²) in [5, 5.41) is 8.32. The second kappa shape index (κ2) is 6.49. The summed E-state index contributed by atoms with van der Waals surface area (Å²) in [5.74, 6) is -0.277. The highest BCUT2D eigenvalue weighted by Gasteiger charge is 2.13. The summed E-state index contributed by atoms with van der Waals surface area (Å²) in [4.78, 5) is 24.7. The molecule has 0 saturated heterocycles. The average molecular weight is 345 g/mol. The van der Waals surface area contributed by atoms with E-state index in [1.807, 2.05) is 25.1 Å². The molecule has 7 heteroatoms. The van der Waals surface area contributed by atoms with Crippen LogP contribution in [0.25, 0.3) is 10.9 Å². The number of carbonyl (C=O) groups excluding carboxylic acids is 1. The highest BCUT2D eigenvalue weighted by molar-refractivity contribution is 6.30. The minimum atomic E-state index is -0.283. The predicted octanol–water partition coefficient (Wildman–Crippen LogP) is 2.27. The molecule has 1 atom stereocenters. The molecule has 6 nitrogen and oxygen atoms in total. The fraction of sp³-hybridized carbons (Fsp3) is 0.235. The van der Waals surface area contributed by atoms with Gasteiger partial charge in [-0.2, -0.15) is 5.10 Å². The molecule has 1 aromatic carbocycles. The fourth-order valence-corrected chi connectivity index (χ4v) is 2.73. The summed E-state index contributed by atoms with van der Waals surface area (Å²) in [5.41, 5.74) is 1.18. The Morgan fingerprint density at radius 2 is 2.00 bits per heavy atom. The van der Waals surface area contributed by atoms with E-state index in [1.165, 1.54) is 4.68 Å². The molecule has 0 bridgehead atoms. The standard InChI is InChI=1S/C17H17ClN4O2/c1-11(12-3-5-14(18)6-4-12)20-15(23)10-22-17(24)16-13(9-19-22)7-8-21(16)2/h3-9,11H,10H2,1-2H3,(H,20,23)/t11-/m0/s1. The molecule has 2 aromatic heterocycles. The van der Waals surface area contributed by atoms with Crippen molar-refractivity contribution in [2.45, 2.75) is 19.5 Å². The zero-order valence-corrected chi connectivity index (χ0v) is 14.1. The number of carbonyl (C=O) groups is 1. The molecule has 0 aliphatic carbocycles. The van der Waals surface area contributed by atoms with E-state index in [4.69, 9.17) is 11.6 Å². The zero-order chi connectivity index (χ0) is 17.3. The van der Waals surface area contributed by atoms with E-state index in [1.54, 1.807) is 36.1 Å². The molecule has 0 aliphatic heterocycles. The lowest BCUT2D eigenvalue weighted by atomic mass is 10.1. The molecule has 2 heterocycles. The SMILES string of the molecule is C[C@H](NC(=O)Cn1ncc2ccn(C)c2c1=O)c1ccc(Cl)cc1. The zero-order valence-electron chi connectivity index (χ0n) is 13.4. The first-order valence-electron chi connectivity index (χ1n) is 7.51. The number of nitrogens with one attached hydrogen (secondary N) is 1. The highest BCUT2D eigenvalue weighted by atomic mass is 35.5.